The Morgan fingerprint density at radius 2 is 1.66 bits per heavy atom. The molecule has 0 atom stereocenters. The summed E-state index contributed by atoms with van der Waals surface area (Å²) in [5.41, 5.74) is 11.6. The van der Waals surface area contributed by atoms with Gasteiger partial charge in [-0.1, -0.05) is 80.1 Å². The van der Waals surface area contributed by atoms with Crippen molar-refractivity contribution >= 4 is 33.6 Å². The van der Waals surface area contributed by atoms with E-state index < -0.39 is 0 Å². The van der Waals surface area contributed by atoms with E-state index in [2.05, 4.69) is 110 Å². The maximum absolute atomic E-state index is 6.51. The standard InChI is InChI=1S/C33H29NO/c1-33(2)28-16-8-6-13-24(28)25-20-19-23(21-29(25)33)34(22-11-4-3-5-12-22)30-17-10-15-27-26-14-7-9-18-31(26)35-32(27)30/h3-7,9,11-14,17-21H,8,10,15-16H2,1-2H3. The summed E-state index contributed by atoms with van der Waals surface area (Å²) in [6, 6.07) is 26.2. The zero-order valence-corrected chi connectivity index (χ0v) is 20.3. The summed E-state index contributed by atoms with van der Waals surface area (Å²) in [5, 5.41) is 1.24. The first-order valence-corrected chi connectivity index (χ1v) is 12.7. The molecule has 0 aliphatic heterocycles. The van der Waals surface area contributed by atoms with Crippen molar-refractivity contribution in [1.82, 2.24) is 0 Å². The van der Waals surface area contributed by atoms with Gasteiger partial charge in [0, 0.05) is 27.7 Å². The molecule has 7 rings (SSSR count). The number of rotatable bonds is 3. The molecule has 0 unspecified atom stereocenters. The van der Waals surface area contributed by atoms with Gasteiger partial charge in [-0.25, -0.2) is 0 Å². The molecule has 0 saturated heterocycles. The van der Waals surface area contributed by atoms with Crippen molar-refractivity contribution in [2.45, 2.75) is 44.9 Å². The number of hydrogen-bond acceptors (Lipinski definition) is 2. The molecule has 2 heteroatoms. The highest BCUT2D eigenvalue weighted by Gasteiger charge is 2.38. The molecule has 1 aromatic heterocycles. The van der Waals surface area contributed by atoms with Crippen LogP contribution in [0, 0.1) is 0 Å². The maximum atomic E-state index is 6.51. The summed E-state index contributed by atoms with van der Waals surface area (Å²) in [5.74, 6) is 1.00. The van der Waals surface area contributed by atoms with E-state index in [1.807, 2.05) is 0 Å². The number of para-hydroxylation sites is 2. The minimum atomic E-state index is 0.0409. The lowest BCUT2D eigenvalue weighted by Crippen LogP contribution is -2.20. The van der Waals surface area contributed by atoms with Gasteiger partial charge in [-0.2, -0.15) is 0 Å². The molecular weight excluding hydrogens is 426 g/mol. The van der Waals surface area contributed by atoms with Crippen LogP contribution in [0.1, 0.15) is 55.6 Å². The number of aryl methyl sites for hydroxylation is 1. The van der Waals surface area contributed by atoms with E-state index in [1.165, 1.54) is 33.3 Å². The smallest absolute Gasteiger partial charge is 0.155 e. The predicted molar refractivity (Wildman–Crippen MR) is 146 cm³/mol. The number of allylic oxidation sites excluding steroid dienone is 5. The summed E-state index contributed by atoms with van der Waals surface area (Å²) in [4.78, 5) is 2.39. The molecule has 0 N–H and O–H groups in total. The molecule has 0 spiro atoms. The van der Waals surface area contributed by atoms with Gasteiger partial charge >= 0.3 is 0 Å². The molecule has 4 aromatic rings. The lowest BCUT2D eigenvalue weighted by molar-refractivity contribution is 0.588. The van der Waals surface area contributed by atoms with Crippen molar-refractivity contribution in [3.63, 3.8) is 0 Å². The second kappa shape index (κ2) is 7.61. The SMILES string of the molecule is CC1(C)C2=C(C=CCC2)c2ccc(N(C3=CCCc4c3oc3ccccc43)c3ccccc3)cc21. The Hall–Kier alpha value is -3.78. The van der Waals surface area contributed by atoms with Gasteiger partial charge in [0.2, 0.25) is 0 Å². The first-order chi connectivity index (χ1) is 17.1. The lowest BCUT2D eigenvalue weighted by atomic mass is 9.78. The fourth-order valence-electron chi connectivity index (χ4n) is 6.35. The van der Waals surface area contributed by atoms with Crippen molar-refractivity contribution in [1.29, 1.82) is 0 Å². The normalized spacial score (nSPS) is 17.7. The number of hydrogen-bond donors (Lipinski definition) is 0. The Kier molecular flexibility index (Phi) is 4.48. The molecule has 0 bridgehead atoms. The van der Waals surface area contributed by atoms with Crippen molar-refractivity contribution in [3.8, 4) is 0 Å². The van der Waals surface area contributed by atoms with E-state index in [0.717, 1.165) is 48.4 Å². The zero-order valence-electron chi connectivity index (χ0n) is 20.3. The largest absolute Gasteiger partial charge is 0.454 e. The number of nitrogens with zero attached hydrogens (tertiary/aromatic N) is 1. The summed E-state index contributed by atoms with van der Waals surface area (Å²) < 4.78 is 6.51. The van der Waals surface area contributed by atoms with Crippen LogP contribution in [0.15, 0.2) is 101 Å². The summed E-state index contributed by atoms with van der Waals surface area (Å²) in [6.45, 7) is 4.78. The molecule has 0 saturated carbocycles. The Morgan fingerprint density at radius 3 is 2.54 bits per heavy atom. The van der Waals surface area contributed by atoms with Crippen LogP contribution in [0.5, 0.6) is 0 Å². The zero-order chi connectivity index (χ0) is 23.6. The fourth-order valence-corrected chi connectivity index (χ4v) is 6.35. The number of anilines is 2. The average Bonchev–Trinajstić information content (AvgIpc) is 3.39. The van der Waals surface area contributed by atoms with E-state index in [-0.39, 0.29) is 5.41 Å². The molecule has 172 valence electrons. The molecule has 3 aliphatic rings. The maximum Gasteiger partial charge on any atom is 0.155 e. The van der Waals surface area contributed by atoms with E-state index >= 15 is 0 Å². The first-order valence-electron chi connectivity index (χ1n) is 12.7. The summed E-state index contributed by atoms with van der Waals surface area (Å²) in [6.07, 6.45) is 11.3. The summed E-state index contributed by atoms with van der Waals surface area (Å²) >= 11 is 0. The van der Waals surface area contributed by atoms with E-state index in [4.69, 9.17) is 4.42 Å². The fraction of sp³-hybridized carbons (Fsp3) is 0.212. The van der Waals surface area contributed by atoms with Crippen LogP contribution in [-0.2, 0) is 11.8 Å². The van der Waals surface area contributed by atoms with E-state index in [1.54, 1.807) is 5.57 Å². The highest BCUT2D eigenvalue weighted by Crippen LogP contribution is 2.52. The Labute approximate surface area is 206 Å². The molecule has 0 fully saturated rings. The molecule has 3 aromatic carbocycles. The van der Waals surface area contributed by atoms with Gasteiger partial charge in [0.15, 0.2) is 5.76 Å². The van der Waals surface area contributed by atoms with Crippen LogP contribution < -0.4 is 4.90 Å². The molecular formula is C33H29NO. The van der Waals surface area contributed by atoms with E-state index in [0.29, 0.717) is 0 Å². The highest BCUT2D eigenvalue weighted by atomic mass is 16.3. The monoisotopic (exact) mass is 455 g/mol. The molecule has 1 heterocycles. The second-order valence-corrected chi connectivity index (χ2v) is 10.4. The average molecular weight is 456 g/mol. The van der Waals surface area contributed by atoms with Gasteiger partial charge in [0.1, 0.15) is 5.58 Å². The predicted octanol–water partition coefficient (Wildman–Crippen LogP) is 8.95. The molecule has 0 amide bonds. The first kappa shape index (κ1) is 20.6. The van der Waals surface area contributed by atoms with Crippen molar-refractivity contribution in [2.24, 2.45) is 0 Å². The van der Waals surface area contributed by atoms with Crippen molar-refractivity contribution in [2.75, 3.05) is 4.90 Å². The van der Waals surface area contributed by atoms with E-state index in [9.17, 15) is 0 Å². The number of furan rings is 1. The Balaban J connectivity index is 1.42. The molecule has 3 aliphatic carbocycles. The number of fused-ring (bicyclic) bond motifs is 5. The van der Waals surface area contributed by atoms with Crippen LogP contribution in [0.3, 0.4) is 0 Å². The topological polar surface area (TPSA) is 16.4 Å². The van der Waals surface area contributed by atoms with Gasteiger partial charge < -0.3 is 9.32 Å². The van der Waals surface area contributed by atoms with Crippen LogP contribution in [0.25, 0.3) is 22.2 Å². The van der Waals surface area contributed by atoms with Crippen LogP contribution >= 0.6 is 0 Å². The molecule has 0 radical (unpaired) electrons. The van der Waals surface area contributed by atoms with Gasteiger partial charge in [-0.3, -0.25) is 0 Å². The number of benzene rings is 3. The minimum Gasteiger partial charge on any atom is -0.454 e. The third kappa shape index (κ3) is 3.02. The van der Waals surface area contributed by atoms with Crippen molar-refractivity contribution in [3.05, 3.63) is 119 Å². The van der Waals surface area contributed by atoms with Crippen LogP contribution in [0.2, 0.25) is 0 Å². The van der Waals surface area contributed by atoms with Gasteiger partial charge in [0.25, 0.3) is 0 Å². The molecule has 2 nitrogen and oxygen atoms in total. The van der Waals surface area contributed by atoms with Gasteiger partial charge in [0.05, 0.1) is 5.70 Å². The van der Waals surface area contributed by atoms with Gasteiger partial charge in [-0.15, -0.1) is 0 Å². The molecule has 35 heavy (non-hydrogen) atoms. The Morgan fingerprint density at radius 1 is 0.829 bits per heavy atom. The Bertz CT molecular complexity index is 1560. The third-order valence-corrected chi connectivity index (χ3v) is 8.07. The minimum absolute atomic E-state index is 0.0409. The summed E-state index contributed by atoms with van der Waals surface area (Å²) in [7, 11) is 0. The lowest BCUT2D eigenvalue weighted by Gasteiger charge is -2.31. The highest BCUT2D eigenvalue weighted by molar-refractivity contribution is 5.95. The van der Waals surface area contributed by atoms with Crippen molar-refractivity contribution < 1.29 is 4.42 Å². The third-order valence-electron chi connectivity index (χ3n) is 8.07. The quantitative estimate of drug-likeness (QED) is 0.306. The van der Waals surface area contributed by atoms with Crippen LogP contribution in [-0.4, -0.2) is 0 Å². The van der Waals surface area contributed by atoms with Gasteiger partial charge in [-0.05, 0) is 72.7 Å². The van der Waals surface area contributed by atoms with Crippen LogP contribution in [0.4, 0.5) is 11.4 Å². The second-order valence-electron chi connectivity index (χ2n) is 10.4.